The number of nitrogens with one attached hydrogen (secondary N) is 1. The summed E-state index contributed by atoms with van der Waals surface area (Å²) in [4.78, 5) is 35.9. The summed E-state index contributed by atoms with van der Waals surface area (Å²) in [5.74, 6) is -0.0528. The molecule has 0 saturated carbocycles. The lowest BCUT2D eigenvalue weighted by atomic mass is 10.1. The number of amides is 2. The van der Waals surface area contributed by atoms with E-state index in [0.717, 1.165) is 46.7 Å². The molecule has 0 bridgehead atoms. The van der Waals surface area contributed by atoms with Crippen LogP contribution in [0.3, 0.4) is 0 Å². The maximum Gasteiger partial charge on any atom is 0.254 e. The molecule has 2 heterocycles. The molecule has 0 unspecified atom stereocenters. The van der Waals surface area contributed by atoms with Gasteiger partial charge in [0.1, 0.15) is 6.54 Å². The van der Waals surface area contributed by atoms with Crippen LogP contribution in [0, 0.1) is 20.8 Å². The molecule has 8 heteroatoms. The Morgan fingerprint density at radius 3 is 2.24 bits per heavy atom. The summed E-state index contributed by atoms with van der Waals surface area (Å²) < 4.78 is 7.35. The van der Waals surface area contributed by atoms with E-state index in [0.29, 0.717) is 37.8 Å². The molecule has 1 fully saturated rings. The van der Waals surface area contributed by atoms with E-state index in [1.165, 1.54) is 0 Å². The van der Waals surface area contributed by atoms with E-state index in [-0.39, 0.29) is 18.4 Å². The molecular formula is C33H37N5O3. The Labute approximate surface area is 241 Å². The molecule has 2 amide bonds. The van der Waals surface area contributed by atoms with Crippen LogP contribution in [-0.2, 0) is 9.53 Å². The third-order valence-electron chi connectivity index (χ3n) is 7.40. The standard InChI is InChI=1S/C33H37N5O3/c1-24-8-12-27(13-9-24)30-22-38(28-14-10-25(2)11-15-28)33(34-30)35-31(39)23-37(17-16-36-18-20-41-21-19-36)32(40)29-7-5-4-6-26(29)3/h4-15,22H,16-21,23H2,1-3H3,(H,34,35,39). The predicted octanol–water partition coefficient (Wildman–Crippen LogP) is 4.88. The Morgan fingerprint density at radius 2 is 1.56 bits per heavy atom. The molecule has 0 spiro atoms. The zero-order valence-electron chi connectivity index (χ0n) is 24.0. The second kappa shape index (κ2) is 12.9. The molecular weight excluding hydrogens is 514 g/mol. The molecule has 0 radical (unpaired) electrons. The van der Waals surface area contributed by atoms with Gasteiger partial charge in [-0.05, 0) is 44.5 Å². The van der Waals surface area contributed by atoms with Gasteiger partial charge in [-0.15, -0.1) is 0 Å². The lowest BCUT2D eigenvalue weighted by molar-refractivity contribution is -0.117. The molecule has 1 aromatic heterocycles. The van der Waals surface area contributed by atoms with Crippen molar-refractivity contribution in [2.45, 2.75) is 20.8 Å². The lowest BCUT2D eigenvalue weighted by Crippen LogP contribution is -2.45. The first kappa shape index (κ1) is 28.3. The smallest absolute Gasteiger partial charge is 0.254 e. The lowest BCUT2D eigenvalue weighted by Gasteiger charge is -2.30. The third-order valence-corrected chi connectivity index (χ3v) is 7.40. The highest BCUT2D eigenvalue weighted by molar-refractivity contribution is 6.00. The summed E-state index contributed by atoms with van der Waals surface area (Å²) in [7, 11) is 0. The minimum absolute atomic E-state index is 0.0852. The van der Waals surface area contributed by atoms with Crippen molar-refractivity contribution in [1.82, 2.24) is 19.4 Å². The fraction of sp³-hybridized carbons (Fsp3) is 0.303. The number of rotatable bonds is 9. The molecule has 1 N–H and O–H groups in total. The number of ether oxygens (including phenoxy) is 1. The number of hydrogen-bond acceptors (Lipinski definition) is 5. The zero-order chi connectivity index (χ0) is 28.8. The van der Waals surface area contributed by atoms with Crippen molar-refractivity contribution in [3.63, 3.8) is 0 Å². The van der Waals surface area contributed by atoms with Gasteiger partial charge in [0.2, 0.25) is 11.9 Å². The average molecular weight is 552 g/mol. The number of imidazole rings is 1. The van der Waals surface area contributed by atoms with Gasteiger partial charge in [0.15, 0.2) is 0 Å². The summed E-state index contributed by atoms with van der Waals surface area (Å²) in [6.07, 6.45) is 1.93. The molecule has 8 nitrogen and oxygen atoms in total. The van der Waals surface area contributed by atoms with Crippen molar-refractivity contribution in [3.8, 4) is 16.9 Å². The first-order chi connectivity index (χ1) is 19.9. The number of benzene rings is 3. The summed E-state index contributed by atoms with van der Waals surface area (Å²) >= 11 is 0. The van der Waals surface area contributed by atoms with Crippen molar-refractivity contribution in [3.05, 3.63) is 101 Å². The zero-order valence-corrected chi connectivity index (χ0v) is 24.0. The number of aromatic nitrogens is 2. The Hall–Kier alpha value is -4.27. The SMILES string of the molecule is Cc1ccc(-c2cn(-c3ccc(C)cc3)c(NC(=O)CN(CCN3CCOCC3)C(=O)c3ccccc3C)n2)cc1. The van der Waals surface area contributed by atoms with Gasteiger partial charge in [-0.2, -0.15) is 0 Å². The molecule has 5 rings (SSSR count). The van der Waals surface area contributed by atoms with Crippen LogP contribution in [0.5, 0.6) is 0 Å². The van der Waals surface area contributed by atoms with Gasteiger partial charge in [-0.1, -0.05) is 65.7 Å². The van der Waals surface area contributed by atoms with E-state index in [1.54, 1.807) is 4.90 Å². The van der Waals surface area contributed by atoms with Gasteiger partial charge in [0.25, 0.3) is 5.91 Å². The van der Waals surface area contributed by atoms with Crippen LogP contribution < -0.4 is 5.32 Å². The van der Waals surface area contributed by atoms with Gasteiger partial charge in [0, 0.05) is 49.2 Å². The second-order valence-electron chi connectivity index (χ2n) is 10.6. The Morgan fingerprint density at radius 1 is 0.902 bits per heavy atom. The van der Waals surface area contributed by atoms with Crippen molar-refractivity contribution in [2.75, 3.05) is 51.3 Å². The van der Waals surface area contributed by atoms with Crippen LogP contribution in [0.1, 0.15) is 27.0 Å². The second-order valence-corrected chi connectivity index (χ2v) is 10.6. The van der Waals surface area contributed by atoms with Crippen molar-refractivity contribution >= 4 is 17.8 Å². The molecule has 1 aliphatic rings. The summed E-state index contributed by atoms with van der Waals surface area (Å²) in [5.41, 5.74) is 6.38. The first-order valence-electron chi connectivity index (χ1n) is 14.1. The number of carbonyl (C=O) groups excluding carboxylic acids is 2. The van der Waals surface area contributed by atoms with Gasteiger partial charge < -0.3 is 9.64 Å². The fourth-order valence-electron chi connectivity index (χ4n) is 4.89. The maximum absolute atomic E-state index is 13.6. The Kier molecular flexibility index (Phi) is 8.91. The first-order valence-corrected chi connectivity index (χ1v) is 14.1. The van der Waals surface area contributed by atoms with Crippen LogP contribution in [0.15, 0.2) is 79.0 Å². The summed E-state index contributed by atoms with van der Waals surface area (Å²) in [6, 6.07) is 23.7. The topological polar surface area (TPSA) is 79.7 Å². The third kappa shape index (κ3) is 7.09. The molecule has 4 aromatic rings. The highest BCUT2D eigenvalue weighted by Gasteiger charge is 2.23. The van der Waals surface area contributed by atoms with Crippen LogP contribution in [0.25, 0.3) is 16.9 Å². The number of hydrogen-bond donors (Lipinski definition) is 1. The van der Waals surface area contributed by atoms with E-state index in [1.807, 2.05) is 104 Å². The minimum Gasteiger partial charge on any atom is -0.379 e. The van der Waals surface area contributed by atoms with Gasteiger partial charge in [-0.3, -0.25) is 24.4 Å². The number of carbonyl (C=O) groups is 2. The summed E-state index contributed by atoms with van der Waals surface area (Å²) in [6.45, 7) is 10.00. The summed E-state index contributed by atoms with van der Waals surface area (Å²) in [5, 5.41) is 3.00. The van der Waals surface area contributed by atoms with Crippen LogP contribution in [0.2, 0.25) is 0 Å². The molecule has 3 aromatic carbocycles. The highest BCUT2D eigenvalue weighted by atomic mass is 16.5. The monoisotopic (exact) mass is 551 g/mol. The quantitative estimate of drug-likeness (QED) is 0.321. The van der Waals surface area contributed by atoms with Crippen molar-refractivity contribution < 1.29 is 14.3 Å². The van der Waals surface area contributed by atoms with Gasteiger partial charge in [0.05, 0.1) is 18.9 Å². The van der Waals surface area contributed by atoms with Crippen LogP contribution in [0.4, 0.5) is 5.95 Å². The highest BCUT2D eigenvalue weighted by Crippen LogP contribution is 2.25. The maximum atomic E-state index is 13.6. The number of aryl methyl sites for hydroxylation is 3. The largest absolute Gasteiger partial charge is 0.379 e. The van der Waals surface area contributed by atoms with E-state index in [4.69, 9.17) is 9.72 Å². The Bertz CT molecular complexity index is 1490. The van der Waals surface area contributed by atoms with E-state index in [2.05, 4.69) is 10.2 Å². The minimum atomic E-state index is -0.302. The van der Waals surface area contributed by atoms with E-state index in [9.17, 15) is 9.59 Å². The van der Waals surface area contributed by atoms with Crippen LogP contribution >= 0.6 is 0 Å². The Balaban J connectivity index is 1.39. The number of morpholine rings is 1. The van der Waals surface area contributed by atoms with Gasteiger partial charge in [-0.25, -0.2) is 4.98 Å². The normalized spacial score (nSPS) is 13.6. The number of nitrogens with zero attached hydrogens (tertiary/aromatic N) is 4. The van der Waals surface area contributed by atoms with Crippen molar-refractivity contribution in [1.29, 1.82) is 0 Å². The molecule has 212 valence electrons. The van der Waals surface area contributed by atoms with E-state index >= 15 is 0 Å². The van der Waals surface area contributed by atoms with Gasteiger partial charge >= 0.3 is 0 Å². The molecule has 1 saturated heterocycles. The fourth-order valence-corrected chi connectivity index (χ4v) is 4.89. The average Bonchev–Trinajstić information content (AvgIpc) is 3.40. The van der Waals surface area contributed by atoms with Crippen LogP contribution in [-0.4, -0.2) is 77.1 Å². The van der Waals surface area contributed by atoms with Crippen molar-refractivity contribution in [2.24, 2.45) is 0 Å². The molecule has 0 aliphatic carbocycles. The molecule has 1 aliphatic heterocycles. The van der Waals surface area contributed by atoms with E-state index < -0.39 is 0 Å². The molecule has 0 atom stereocenters. The molecule has 41 heavy (non-hydrogen) atoms. The predicted molar refractivity (Wildman–Crippen MR) is 161 cm³/mol. The number of anilines is 1.